The minimum absolute atomic E-state index is 0.00824. The van der Waals surface area contributed by atoms with Crippen LogP contribution >= 0.6 is 0 Å². The first-order chi connectivity index (χ1) is 10.0. The van der Waals surface area contributed by atoms with Crippen LogP contribution in [0, 0.1) is 0 Å². The summed E-state index contributed by atoms with van der Waals surface area (Å²) < 4.78 is 11.0. The van der Waals surface area contributed by atoms with Crippen LogP contribution in [0.3, 0.4) is 0 Å². The Labute approximate surface area is 121 Å². The lowest BCUT2D eigenvalue weighted by molar-refractivity contribution is -0.142. The van der Waals surface area contributed by atoms with E-state index in [-0.39, 0.29) is 18.9 Å². The van der Waals surface area contributed by atoms with E-state index in [1.54, 1.807) is 18.2 Å². The molecule has 1 unspecified atom stereocenters. The van der Waals surface area contributed by atoms with Gasteiger partial charge in [0, 0.05) is 13.1 Å². The molecule has 0 aliphatic carbocycles. The third kappa shape index (κ3) is 2.29. The molecular formula is C14H16N2O5. The summed E-state index contributed by atoms with van der Waals surface area (Å²) in [6.45, 7) is 1.13. The van der Waals surface area contributed by atoms with Crippen molar-refractivity contribution in [3.63, 3.8) is 0 Å². The Morgan fingerprint density at radius 2 is 2.05 bits per heavy atom. The molecule has 2 heterocycles. The van der Waals surface area contributed by atoms with Crippen LogP contribution in [-0.2, 0) is 4.79 Å². The average molecular weight is 292 g/mol. The molecule has 7 heteroatoms. The monoisotopic (exact) mass is 292 g/mol. The summed E-state index contributed by atoms with van der Waals surface area (Å²) in [5, 5.41) is 9.13. The Balaban J connectivity index is 1.86. The van der Waals surface area contributed by atoms with Crippen molar-refractivity contribution in [3.05, 3.63) is 23.8 Å². The number of rotatable bonds is 2. The number of likely N-dealkylation sites (tertiary alicyclic amines) is 1. The van der Waals surface area contributed by atoms with E-state index in [9.17, 15) is 9.59 Å². The summed E-state index contributed by atoms with van der Waals surface area (Å²) in [6, 6.07) is 5.09. The molecule has 1 amide bonds. The number of carboxylic acids is 1. The van der Waals surface area contributed by atoms with Crippen molar-refractivity contribution in [1.82, 2.24) is 4.90 Å². The summed E-state index contributed by atoms with van der Waals surface area (Å²) in [5.41, 5.74) is 4.80. The van der Waals surface area contributed by atoms with Gasteiger partial charge in [0.05, 0.1) is 5.56 Å². The van der Waals surface area contributed by atoms with E-state index >= 15 is 0 Å². The highest BCUT2D eigenvalue weighted by Crippen LogP contribution is 2.35. The van der Waals surface area contributed by atoms with Crippen molar-refractivity contribution in [3.8, 4) is 11.5 Å². The van der Waals surface area contributed by atoms with Gasteiger partial charge in [0.1, 0.15) is 18.8 Å². The largest absolute Gasteiger partial charge is 0.486 e. The van der Waals surface area contributed by atoms with Crippen LogP contribution in [0.25, 0.3) is 0 Å². The van der Waals surface area contributed by atoms with E-state index < -0.39 is 11.5 Å². The highest BCUT2D eigenvalue weighted by Gasteiger charge is 2.43. The Bertz CT molecular complexity index is 603. The van der Waals surface area contributed by atoms with E-state index in [4.69, 9.17) is 20.3 Å². The molecule has 0 radical (unpaired) electrons. The maximum Gasteiger partial charge on any atom is 0.325 e. The predicted octanol–water partition coefficient (Wildman–Crippen LogP) is 0.0858. The zero-order chi connectivity index (χ0) is 15.0. The second-order valence-corrected chi connectivity index (χ2v) is 5.27. The smallest absolute Gasteiger partial charge is 0.325 e. The number of carbonyl (C=O) groups is 2. The highest BCUT2D eigenvalue weighted by atomic mass is 16.6. The topological polar surface area (TPSA) is 102 Å². The normalized spacial score (nSPS) is 24.0. The first-order valence-corrected chi connectivity index (χ1v) is 6.71. The van der Waals surface area contributed by atoms with Gasteiger partial charge in [-0.25, -0.2) is 0 Å². The van der Waals surface area contributed by atoms with Crippen LogP contribution < -0.4 is 15.2 Å². The van der Waals surface area contributed by atoms with Crippen molar-refractivity contribution in [2.24, 2.45) is 5.73 Å². The number of hydrogen-bond donors (Lipinski definition) is 2. The fraction of sp³-hybridized carbons (Fsp3) is 0.429. The Kier molecular flexibility index (Phi) is 3.21. The Morgan fingerprint density at radius 3 is 2.76 bits per heavy atom. The third-order valence-corrected chi connectivity index (χ3v) is 3.81. The van der Waals surface area contributed by atoms with Gasteiger partial charge in [-0.3, -0.25) is 9.59 Å². The van der Waals surface area contributed by atoms with Crippen LogP contribution in [0.5, 0.6) is 11.5 Å². The number of amides is 1. The van der Waals surface area contributed by atoms with Gasteiger partial charge < -0.3 is 25.2 Å². The molecule has 0 bridgehead atoms. The fourth-order valence-corrected chi connectivity index (χ4v) is 2.59. The number of aliphatic carboxylic acids is 1. The molecule has 2 aliphatic rings. The van der Waals surface area contributed by atoms with Gasteiger partial charge in [-0.15, -0.1) is 0 Å². The lowest BCUT2D eigenvalue weighted by Gasteiger charge is -2.24. The lowest BCUT2D eigenvalue weighted by atomic mass is 10.0. The molecule has 1 aromatic rings. The average Bonchev–Trinajstić information content (AvgIpc) is 2.90. The molecule has 1 saturated heterocycles. The molecule has 2 aliphatic heterocycles. The number of nitrogens with two attached hydrogens (primary N) is 1. The first kappa shape index (κ1) is 13.7. The second-order valence-electron chi connectivity index (χ2n) is 5.27. The molecule has 0 aromatic heterocycles. The molecule has 1 aromatic carbocycles. The predicted molar refractivity (Wildman–Crippen MR) is 72.5 cm³/mol. The molecule has 1 fully saturated rings. The van der Waals surface area contributed by atoms with Gasteiger partial charge in [-0.05, 0) is 18.6 Å². The molecule has 7 nitrogen and oxygen atoms in total. The van der Waals surface area contributed by atoms with Gasteiger partial charge in [0.2, 0.25) is 0 Å². The lowest BCUT2D eigenvalue weighted by Crippen LogP contribution is -2.50. The van der Waals surface area contributed by atoms with E-state index in [0.717, 1.165) is 0 Å². The van der Waals surface area contributed by atoms with Gasteiger partial charge in [-0.2, -0.15) is 0 Å². The number of hydrogen-bond acceptors (Lipinski definition) is 5. The molecule has 0 spiro atoms. The Morgan fingerprint density at radius 1 is 1.29 bits per heavy atom. The molecule has 0 saturated carbocycles. The van der Waals surface area contributed by atoms with Crippen LogP contribution in [0.2, 0.25) is 0 Å². The second kappa shape index (κ2) is 4.92. The Hall–Kier alpha value is -2.28. The minimum atomic E-state index is -1.37. The molecule has 21 heavy (non-hydrogen) atoms. The zero-order valence-electron chi connectivity index (χ0n) is 11.4. The van der Waals surface area contributed by atoms with Crippen LogP contribution in [0.1, 0.15) is 16.8 Å². The fourth-order valence-electron chi connectivity index (χ4n) is 2.59. The maximum atomic E-state index is 12.6. The number of benzene rings is 1. The third-order valence-electron chi connectivity index (χ3n) is 3.81. The van der Waals surface area contributed by atoms with E-state index in [2.05, 4.69) is 0 Å². The quantitative estimate of drug-likeness (QED) is 0.800. The van der Waals surface area contributed by atoms with Crippen molar-refractivity contribution in [2.75, 3.05) is 26.3 Å². The van der Waals surface area contributed by atoms with E-state index in [1.165, 1.54) is 4.90 Å². The van der Waals surface area contributed by atoms with E-state index in [1.807, 2.05) is 0 Å². The molecule has 1 atom stereocenters. The van der Waals surface area contributed by atoms with Gasteiger partial charge in [0.15, 0.2) is 11.5 Å². The van der Waals surface area contributed by atoms with E-state index in [0.29, 0.717) is 36.8 Å². The molecular weight excluding hydrogens is 276 g/mol. The summed E-state index contributed by atoms with van der Waals surface area (Å²) in [5.74, 6) is -0.430. The highest BCUT2D eigenvalue weighted by molar-refractivity contribution is 5.98. The zero-order valence-corrected chi connectivity index (χ0v) is 11.4. The molecule has 112 valence electrons. The number of carbonyl (C=O) groups excluding carboxylic acids is 1. The number of fused-ring (bicyclic) bond motifs is 1. The number of nitrogens with zero attached hydrogens (tertiary/aromatic N) is 1. The standard InChI is InChI=1S/C14H16N2O5/c15-14(13(18)19)4-5-16(8-14)12(17)9-2-1-3-10-11(9)21-7-6-20-10/h1-3H,4-8,15H2,(H,18,19). The maximum absolute atomic E-state index is 12.6. The van der Waals surface area contributed by atoms with Gasteiger partial charge in [0.25, 0.3) is 5.91 Å². The van der Waals surface area contributed by atoms with Crippen molar-refractivity contribution < 1.29 is 24.2 Å². The number of ether oxygens (including phenoxy) is 2. The molecule has 3 rings (SSSR count). The summed E-state index contributed by atoms with van der Waals surface area (Å²) in [4.78, 5) is 25.2. The number of para-hydroxylation sites is 1. The van der Waals surface area contributed by atoms with Crippen molar-refractivity contribution in [2.45, 2.75) is 12.0 Å². The first-order valence-electron chi connectivity index (χ1n) is 6.71. The minimum Gasteiger partial charge on any atom is -0.486 e. The summed E-state index contributed by atoms with van der Waals surface area (Å²) in [7, 11) is 0. The van der Waals surface area contributed by atoms with Crippen LogP contribution in [-0.4, -0.2) is 53.7 Å². The SMILES string of the molecule is NC1(C(=O)O)CCN(C(=O)c2cccc3c2OCCO3)C1. The van der Waals surface area contributed by atoms with Crippen LogP contribution in [0.15, 0.2) is 18.2 Å². The van der Waals surface area contributed by atoms with Crippen molar-refractivity contribution >= 4 is 11.9 Å². The summed E-state index contributed by atoms with van der Waals surface area (Å²) >= 11 is 0. The van der Waals surface area contributed by atoms with Gasteiger partial charge >= 0.3 is 5.97 Å². The van der Waals surface area contributed by atoms with Crippen molar-refractivity contribution in [1.29, 1.82) is 0 Å². The summed E-state index contributed by atoms with van der Waals surface area (Å²) in [6.07, 6.45) is 0.237. The van der Waals surface area contributed by atoms with Gasteiger partial charge in [-0.1, -0.05) is 6.07 Å². The van der Waals surface area contributed by atoms with Crippen LogP contribution in [0.4, 0.5) is 0 Å². The molecule has 3 N–H and O–H groups in total. The number of carboxylic acid groups (broad SMARTS) is 1.